The van der Waals surface area contributed by atoms with Gasteiger partial charge in [-0.15, -0.1) is 0 Å². The number of hydrogen-bond acceptors (Lipinski definition) is 3. The van der Waals surface area contributed by atoms with Crippen LogP contribution in [0.3, 0.4) is 0 Å². The normalized spacial score (nSPS) is 10.7. The Hall–Kier alpha value is -1.87. The molecule has 0 aliphatic carbocycles. The number of para-hydroxylation sites is 1. The first kappa shape index (κ1) is 13.6. The molecule has 0 N–H and O–H groups in total. The Bertz CT molecular complexity index is 470. The highest BCUT2D eigenvalue weighted by Crippen LogP contribution is 2.10. The van der Waals surface area contributed by atoms with Crippen molar-refractivity contribution in [1.82, 2.24) is 9.88 Å². The van der Waals surface area contributed by atoms with Gasteiger partial charge in [0.2, 0.25) is 0 Å². The Labute approximate surface area is 115 Å². The van der Waals surface area contributed by atoms with E-state index in [0.717, 1.165) is 25.3 Å². The summed E-state index contributed by atoms with van der Waals surface area (Å²) in [4.78, 5) is 8.91. The van der Waals surface area contributed by atoms with E-state index in [4.69, 9.17) is 0 Å². The summed E-state index contributed by atoms with van der Waals surface area (Å²) in [7, 11) is 4.26. The van der Waals surface area contributed by atoms with Crippen LogP contribution in [0.4, 0.5) is 5.69 Å². The minimum Gasteiger partial charge on any atom is -0.373 e. The molecule has 2 aromatic rings. The van der Waals surface area contributed by atoms with E-state index in [0.29, 0.717) is 0 Å². The molecule has 1 heterocycles. The zero-order valence-corrected chi connectivity index (χ0v) is 11.7. The zero-order valence-electron chi connectivity index (χ0n) is 11.7. The van der Waals surface area contributed by atoms with E-state index in [2.05, 4.69) is 59.2 Å². The highest BCUT2D eigenvalue weighted by atomic mass is 15.2. The van der Waals surface area contributed by atoms with Gasteiger partial charge in [0.1, 0.15) is 0 Å². The van der Waals surface area contributed by atoms with E-state index in [1.807, 2.05) is 24.4 Å². The molecule has 0 amide bonds. The van der Waals surface area contributed by atoms with E-state index in [1.165, 1.54) is 5.69 Å². The van der Waals surface area contributed by atoms with Gasteiger partial charge < -0.3 is 4.90 Å². The third-order valence-electron chi connectivity index (χ3n) is 3.17. The predicted molar refractivity (Wildman–Crippen MR) is 80.3 cm³/mol. The van der Waals surface area contributed by atoms with Gasteiger partial charge in [-0.3, -0.25) is 9.88 Å². The summed E-state index contributed by atoms with van der Waals surface area (Å²) >= 11 is 0. The van der Waals surface area contributed by atoms with Gasteiger partial charge in [0.15, 0.2) is 0 Å². The molecule has 100 valence electrons. The molecule has 0 unspecified atom stereocenters. The molecular formula is C16H21N3. The second-order valence-corrected chi connectivity index (χ2v) is 4.82. The van der Waals surface area contributed by atoms with Crippen molar-refractivity contribution in [1.29, 1.82) is 0 Å². The van der Waals surface area contributed by atoms with Crippen molar-refractivity contribution in [3.8, 4) is 0 Å². The molecule has 1 aromatic heterocycles. The molecule has 2 rings (SSSR count). The third kappa shape index (κ3) is 4.38. The summed E-state index contributed by atoms with van der Waals surface area (Å²) in [5.41, 5.74) is 2.38. The summed E-state index contributed by atoms with van der Waals surface area (Å²) in [6.45, 7) is 2.92. The highest BCUT2D eigenvalue weighted by molar-refractivity contribution is 5.44. The molecule has 3 heteroatoms. The lowest BCUT2D eigenvalue weighted by atomic mass is 10.3. The number of hydrogen-bond donors (Lipinski definition) is 0. The fourth-order valence-electron chi connectivity index (χ4n) is 1.98. The SMILES string of the molecule is CN(CCN(C)c1ccccc1)Cc1ccccn1. The largest absolute Gasteiger partial charge is 0.373 e. The van der Waals surface area contributed by atoms with Gasteiger partial charge in [0, 0.05) is 38.6 Å². The summed E-state index contributed by atoms with van der Waals surface area (Å²) < 4.78 is 0. The van der Waals surface area contributed by atoms with E-state index in [-0.39, 0.29) is 0 Å². The number of nitrogens with zero attached hydrogens (tertiary/aromatic N) is 3. The molecule has 0 radical (unpaired) electrons. The van der Waals surface area contributed by atoms with Crippen LogP contribution in [-0.4, -0.2) is 37.1 Å². The molecule has 0 spiro atoms. The quantitative estimate of drug-likeness (QED) is 0.791. The molecule has 0 saturated heterocycles. The van der Waals surface area contributed by atoms with Gasteiger partial charge in [0.05, 0.1) is 5.69 Å². The van der Waals surface area contributed by atoms with E-state index in [1.54, 1.807) is 0 Å². The third-order valence-corrected chi connectivity index (χ3v) is 3.17. The highest BCUT2D eigenvalue weighted by Gasteiger charge is 2.04. The summed E-state index contributed by atoms with van der Waals surface area (Å²) in [6.07, 6.45) is 1.85. The number of likely N-dealkylation sites (N-methyl/N-ethyl adjacent to an activating group) is 2. The first-order valence-corrected chi connectivity index (χ1v) is 6.60. The Balaban J connectivity index is 1.79. The molecule has 3 nitrogen and oxygen atoms in total. The van der Waals surface area contributed by atoms with Gasteiger partial charge in [-0.1, -0.05) is 24.3 Å². The molecule has 0 aliphatic rings. The molecule has 19 heavy (non-hydrogen) atoms. The standard InChI is InChI=1S/C16H21N3/c1-18(14-15-8-6-7-11-17-15)12-13-19(2)16-9-4-3-5-10-16/h3-11H,12-14H2,1-2H3. The van der Waals surface area contributed by atoms with Crippen LogP contribution in [0, 0.1) is 0 Å². The molecule has 1 aromatic carbocycles. The van der Waals surface area contributed by atoms with Gasteiger partial charge in [-0.2, -0.15) is 0 Å². The minimum atomic E-state index is 0.892. The van der Waals surface area contributed by atoms with Crippen molar-refractivity contribution in [2.75, 3.05) is 32.1 Å². The fourth-order valence-corrected chi connectivity index (χ4v) is 1.98. The fraction of sp³-hybridized carbons (Fsp3) is 0.312. The Morgan fingerprint density at radius 3 is 2.32 bits per heavy atom. The van der Waals surface area contributed by atoms with Crippen LogP contribution in [-0.2, 0) is 6.54 Å². The van der Waals surface area contributed by atoms with Gasteiger partial charge in [-0.05, 0) is 31.3 Å². The average molecular weight is 255 g/mol. The summed E-state index contributed by atoms with van der Waals surface area (Å²) in [5, 5.41) is 0. The van der Waals surface area contributed by atoms with Gasteiger partial charge in [-0.25, -0.2) is 0 Å². The van der Waals surface area contributed by atoms with Crippen LogP contribution < -0.4 is 4.90 Å². The Morgan fingerprint density at radius 2 is 1.63 bits per heavy atom. The van der Waals surface area contributed by atoms with Crippen LogP contribution in [0.25, 0.3) is 0 Å². The molecule has 0 aliphatic heterocycles. The maximum Gasteiger partial charge on any atom is 0.0543 e. The van der Waals surface area contributed by atoms with Crippen LogP contribution in [0.5, 0.6) is 0 Å². The lowest BCUT2D eigenvalue weighted by Gasteiger charge is -2.23. The predicted octanol–water partition coefficient (Wildman–Crippen LogP) is 2.65. The van der Waals surface area contributed by atoms with Crippen LogP contribution in [0.1, 0.15) is 5.69 Å². The first-order chi connectivity index (χ1) is 9.25. The van der Waals surface area contributed by atoms with Crippen LogP contribution in [0.2, 0.25) is 0 Å². The second kappa shape index (κ2) is 6.90. The number of rotatable bonds is 6. The number of benzene rings is 1. The summed E-state index contributed by atoms with van der Waals surface area (Å²) in [5.74, 6) is 0. The van der Waals surface area contributed by atoms with Crippen molar-refractivity contribution >= 4 is 5.69 Å². The molecule has 0 fully saturated rings. The van der Waals surface area contributed by atoms with Crippen molar-refractivity contribution in [2.24, 2.45) is 0 Å². The van der Waals surface area contributed by atoms with Crippen molar-refractivity contribution in [3.05, 3.63) is 60.4 Å². The van der Waals surface area contributed by atoms with Crippen molar-refractivity contribution in [3.63, 3.8) is 0 Å². The first-order valence-electron chi connectivity index (χ1n) is 6.60. The molecular weight excluding hydrogens is 234 g/mol. The number of pyridine rings is 1. The van der Waals surface area contributed by atoms with Gasteiger partial charge in [0.25, 0.3) is 0 Å². The number of aromatic nitrogens is 1. The average Bonchev–Trinajstić information content (AvgIpc) is 2.47. The van der Waals surface area contributed by atoms with E-state index >= 15 is 0 Å². The molecule has 0 atom stereocenters. The number of anilines is 1. The van der Waals surface area contributed by atoms with Gasteiger partial charge >= 0.3 is 0 Å². The second-order valence-electron chi connectivity index (χ2n) is 4.82. The maximum atomic E-state index is 4.35. The topological polar surface area (TPSA) is 19.4 Å². The molecule has 0 bridgehead atoms. The van der Waals surface area contributed by atoms with Crippen LogP contribution in [0.15, 0.2) is 54.7 Å². The van der Waals surface area contributed by atoms with E-state index in [9.17, 15) is 0 Å². The Kier molecular flexibility index (Phi) is 4.93. The zero-order chi connectivity index (χ0) is 13.5. The minimum absolute atomic E-state index is 0.892. The smallest absolute Gasteiger partial charge is 0.0543 e. The molecule has 0 saturated carbocycles. The monoisotopic (exact) mass is 255 g/mol. The van der Waals surface area contributed by atoms with Crippen molar-refractivity contribution < 1.29 is 0 Å². The maximum absolute atomic E-state index is 4.35. The Morgan fingerprint density at radius 1 is 0.895 bits per heavy atom. The lowest BCUT2D eigenvalue weighted by Crippen LogP contribution is -2.30. The van der Waals surface area contributed by atoms with Crippen molar-refractivity contribution in [2.45, 2.75) is 6.54 Å². The lowest BCUT2D eigenvalue weighted by molar-refractivity contribution is 0.330. The van der Waals surface area contributed by atoms with E-state index < -0.39 is 0 Å². The summed E-state index contributed by atoms with van der Waals surface area (Å²) in [6, 6.07) is 16.5. The van der Waals surface area contributed by atoms with Crippen LogP contribution >= 0.6 is 0 Å².